The van der Waals surface area contributed by atoms with E-state index in [2.05, 4.69) is 0 Å². The van der Waals surface area contributed by atoms with Gasteiger partial charge in [0.05, 0.1) is 7.11 Å². The molecule has 0 unspecified atom stereocenters. The maximum Gasteiger partial charge on any atom is 0.339 e. The van der Waals surface area contributed by atoms with E-state index >= 15 is 0 Å². The Bertz CT molecular complexity index is 717. The van der Waals surface area contributed by atoms with Crippen molar-refractivity contribution in [2.24, 2.45) is 0 Å². The Hall–Kier alpha value is -2.75. The first kappa shape index (κ1) is 13.2. The van der Waals surface area contributed by atoms with E-state index in [1.165, 1.54) is 7.11 Å². The van der Waals surface area contributed by atoms with Crippen molar-refractivity contribution in [1.29, 1.82) is 0 Å². The zero-order valence-corrected chi connectivity index (χ0v) is 11.5. The lowest BCUT2D eigenvalue weighted by atomic mass is 9.93. The van der Waals surface area contributed by atoms with Crippen molar-refractivity contribution in [3.63, 3.8) is 0 Å². The Balaban J connectivity index is 2.17. The maximum absolute atomic E-state index is 11.4. The molecule has 1 N–H and O–H groups in total. The van der Waals surface area contributed by atoms with Crippen LogP contribution >= 0.6 is 0 Å². The van der Waals surface area contributed by atoms with Gasteiger partial charge >= 0.3 is 5.97 Å². The van der Waals surface area contributed by atoms with Crippen LogP contribution in [0.15, 0.2) is 48.5 Å². The van der Waals surface area contributed by atoms with E-state index in [4.69, 9.17) is 9.47 Å². The molecule has 1 aliphatic heterocycles. The lowest BCUT2D eigenvalue weighted by Crippen LogP contribution is -2.09. The van der Waals surface area contributed by atoms with E-state index in [0.717, 1.165) is 16.7 Å². The van der Waals surface area contributed by atoms with Gasteiger partial charge in [-0.1, -0.05) is 30.3 Å². The number of carboxylic acid groups (broad SMARTS) is 1. The lowest BCUT2D eigenvalue weighted by Gasteiger charge is -2.20. The second kappa shape index (κ2) is 5.32. The van der Waals surface area contributed by atoms with Crippen LogP contribution in [0, 0.1) is 0 Å². The molecular weight excluding hydrogens is 268 g/mol. The van der Waals surface area contributed by atoms with Gasteiger partial charge in [0.2, 0.25) is 0 Å². The van der Waals surface area contributed by atoms with Crippen molar-refractivity contribution >= 4 is 11.5 Å². The van der Waals surface area contributed by atoms with E-state index in [9.17, 15) is 9.90 Å². The number of benzene rings is 2. The highest BCUT2D eigenvalue weighted by Gasteiger charge is 2.21. The van der Waals surface area contributed by atoms with Gasteiger partial charge in [0, 0.05) is 11.6 Å². The minimum atomic E-state index is -1.02. The molecule has 2 aromatic carbocycles. The second-order valence-corrected chi connectivity index (χ2v) is 4.65. The highest BCUT2D eigenvalue weighted by molar-refractivity contribution is 5.95. The Labute approximate surface area is 122 Å². The normalized spacial score (nSPS) is 12.9. The molecule has 0 atom stereocenters. The largest absolute Gasteiger partial charge is 0.496 e. The molecular formula is C17H14O4. The van der Waals surface area contributed by atoms with Gasteiger partial charge in [0.25, 0.3) is 0 Å². The number of ether oxygens (including phenoxy) is 2. The minimum Gasteiger partial charge on any atom is -0.496 e. The molecule has 2 aromatic rings. The van der Waals surface area contributed by atoms with Crippen molar-refractivity contribution in [1.82, 2.24) is 0 Å². The third kappa shape index (κ3) is 2.36. The van der Waals surface area contributed by atoms with Crippen molar-refractivity contribution in [3.05, 3.63) is 65.2 Å². The summed E-state index contributed by atoms with van der Waals surface area (Å²) in [6.07, 6.45) is 1.95. The van der Waals surface area contributed by atoms with Gasteiger partial charge in [0.15, 0.2) is 0 Å². The number of aromatic carboxylic acids is 1. The highest BCUT2D eigenvalue weighted by atomic mass is 16.5. The van der Waals surface area contributed by atoms with Gasteiger partial charge < -0.3 is 14.6 Å². The Morgan fingerprint density at radius 2 is 2.00 bits per heavy atom. The zero-order chi connectivity index (χ0) is 14.8. The summed E-state index contributed by atoms with van der Waals surface area (Å²) in [5.41, 5.74) is 2.90. The number of fused-ring (bicyclic) bond motifs is 1. The monoisotopic (exact) mass is 282 g/mol. The summed E-state index contributed by atoms with van der Waals surface area (Å²) in [5, 5.41) is 9.31. The number of hydrogen-bond acceptors (Lipinski definition) is 3. The molecule has 0 amide bonds. The summed E-state index contributed by atoms with van der Waals surface area (Å²) >= 11 is 0. The molecule has 106 valence electrons. The zero-order valence-electron chi connectivity index (χ0n) is 11.5. The summed E-state index contributed by atoms with van der Waals surface area (Å²) in [7, 11) is 1.45. The fourth-order valence-corrected chi connectivity index (χ4v) is 2.44. The average Bonchev–Trinajstić information content (AvgIpc) is 2.53. The maximum atomic E-state index is 11.4. The quantitative estimate of drug-likeness (QED) is 0.939. The predicted molar refractivity (Wildman–Crippen MR) is 79.0 cm³/mol. The average molecular weight is 282 g/mol. The van der Waals surface area contributed by atoms with Crippen molar-refractivity contribution in [2.75, 3.05) is 13.7 Å². The minimum absolute atomic E-state index is 0.128. The third-order valence-electron chi connectivity index (χ3n) is 3.43. The smallest absolute Gasteiger partial charge is 0.339 e. The molecule has 4 nitrogen and oxygen atoms in total. The lowest BCUT2D eigenvalue weighted by molar-refractivity contribution is 0.0693. The highest BCUT2D eigenvalue weighted by Crippen LogP contribution is 2.38. The Kier molecular flexibility index (Phi) is 3.36. The topological polar surface area (TPSA) is 55.8 Å². The first-order valence-electron chi connectivity index (χ1n) is 6.55. The van der Waals surface area contributed by atoms with E-state index in [1.807, 2.05) is 36.4 Å². The van der Waals surface area contributed by atoms with Crippen LogP contribution in [0.4, 0.5) is 0 Å². The molecule has 0 aliphatic carbocycles. The van der Waals surface area contributed by atoms with Crippen LogP contribution in [0.1, 0.15) is 21.5 Å². The summed E-state index contributed by atoms with van der Waals surface area (Å²) < 4.78 is 10.7. The van der Waals surface area contributed by atoms with Gasteiger partial charge in [-0.05, 0) is 23.3 Å². The molecule has 0 bridgehead atoms. The van der Waals surface area contributed by atoms with Gasteiger partial charge in [-0.2, -0.15) is 0 Å². The predicted octanol–water partition coefficient (Wildman–Crippen LogP) is 3.22. The molecule has 0 spiro atoms. The van der Waals surface area contributed by atoms with Crippen LogP contribution in [0.5, 0.6) is 11.5 Å². The molecule has 0 radical (unpaired) electrons. The van der Waals surface area contributed by atoms with E-state index < -0.39 is 5.97 Å². The van der Waals surface area contributed by atoms with Crippen LogP contribution in [0.2, 0.25) is 0 Å². The molecule has 4 heteroatoms. The standard InChI is InChI=1S/C17H14O4/c1-20-15-10-16-13(9-14(15)17(18)19)12(7-8-21-16)11-5-3-2-4-6-11/h2-7,9-10H,8H2,1H3,(H,18,19). The molecule has 1 heterocycles. The molecule has 0 saturated heterocycles. The van der Waals surface area contributed by atoms with E-state index in [0.29, 0.717) is 18.1 Å². The van der Waals surface area contributed by atoms with Crippen molar-refractivity contribution < 1.29 is 19.4 Å². The van der Waals surface area contributed by atoms with Crippen molar-refractivity contribution in [2.45, 2.75) is 0 Å². The number of carbonyl (C=O) groups is 1. The van der Waals surface area contributed by atoms with Gasteiger partial charge in [-0.3, -0.25) is 0 Å². The summed E-state index contributed by atoms with van der Waals surface area (Å²) in [6.45, 7) is 0.451. The van der Waals surface area contributed by atoms with Crippen molar-refractivity contribution in [3.8, 4) is 11.5 Å². The van der Waals surface area contributed by atoms with E-state index in [-0.39, 0.29) is 5.56 Å². The van der Waals surface area contributed by atoms with Gasteiger partial charge in [0.1, 0.15) is 23.7 Å². The first-order valence-corrected chi connectivity index (χ1v) is 6.55. The SMILES string of the molecule is COc1cc2c(cc1C(=O)O)C(c1ccccc1)=CCO2. The van der Waals surface area contributed by atoms with Crippen LogP contribution in [0.25, 0.3) is 5.57 Å². The number of hydrogen-bond donors (Lipinski definition) is 1. The summed E-state index contributed by atoms with van der Waals surface area (Å²) in [6, 6.07) is 13.1. The van der Waals surface area contributed by atoms with Gasteiger partial charge in [-0.25, -0.2) is 4.79 Å². The molecule has 21 heavy (non-hydrogen) atoms. The molecule has 0 saturated carbocycles. The number of rotatable bonds is 3. The van der Waals surface area contributed by atoms with Crippen LogP contribution in [0.3, 0.4) is 0 Å². The summed E-state index contributed by atoms with van der Waals surface area (Å²) in [4.78, 5) is 11.4. The molecule has 0 aromatic heterocycles. The Morgan fingerprint density at radius 1 is 1.24 bits per heavy atom. The van der Waals surface area contributed by atoms with Crippen LogP contribution in [-0.2, 0) is 0 Å². The second-order valence-electron chi connectivity index (χ2n) is 4.65. The van der Waals surface area contributed by atoms with Crippen LogP contribution in [-0.4, -0.2) is 24.8 Å². The number of carboxylic acids is 1. The molecule has 1 aliphatic rings. The first-order chi connectivity index (χ1) is 10.2. The fraction of sp³-hybridized carbons (Fsp3) is 0.118. The number of methoxy groups -OCH3 is 1. The fourth-order valence-electron chi connectivity index (χ4n) is 2.44. The van der Waals surface area contributed by atoms with Crippen LogP contribution < -0.4 is 9.47 Å². The molecule has 0 fully saturated rings. The Morgan fingerprint density at radius 3 is 2.67 bits per heavy atom. The van der Waals surface area contributed by atoms with Gasteiger partial charge in [-0.15, -0.1) is 0 Å². The third-order valence-corrected chi connectivity index (χ3v) is 3.43. The van der Waals surface area contributed by atoms with E-state index in [1.54, 1.807) is 12.1 Å². The summed E-state index contributed by atoms with van der Waals surface area (Å²) in [5.74, 6) is -0.0820. The molecule has 3 rings (SSSR count).